The number of benzene rings is 2. The number of aromatic nitrogens is 3. The average molecular weight is 328 g/mol. The minimum atomic E-state index is -0.309. The first-order valence-corrected chi connectivity index (χ1v) is 7.20. The topological polar surface area (TPSA) is 55.2 Å². The standard InChI is InChI=1S/C16H13FN4OS/c1-22-14-8-2-11(3-9-14)10-18-21-15(19-20-16(21)23)12-4-6-13(17)7-5-12/h2-10H,1H3,(H,20,23)/b18-10-. The lowest BCUT2D eigenvalue weighted by molar-refractivity contribution is 0.415. The summed E-state index contributed by atoms with van der Waals surface area (Å²) in [5, 5.41) is 11.2. The molecule has 0 amide bonds. The molecule has 0 aliphatic rings. The van der Waals surface area contributed by atoms with Gasteiger partial charge in [0.2, 0.25) is 4.77 Å². The lowest BCUT2D eigenvalue weighted by Crippen LogP contribution is -1.95. The van der Waals surface area contributed by atoms with Gasteiger partial charge in [-0.1, -0.05) is 0 Å². The van der Waals surface area contributed by atoms with Crippen molar-refractivity contribution < 1.29 is 9.13 Å². The summed E-state index contributed by atoms with van der Waals surface area (Å²) in [4.78, 5) is 0. The van der Waals surface area contributed by atoms with Crippen LogP contribution in [0, 0.1) is 10.6 Å². The van der Waals surface area contributed by atoms with Gasteiger partial charge in [-0.15, -0.1) is 0 Å². The fraction of sp³-hybridized carbons (Fsp3) is 0.0625. The van der Waals surface area contributed by atoms with Crippen LogP contribution in [0.25, 0.3) is 11.4 Å². The first kappa shape index (κ1) is 15.1. The van der Waals surface area contributed by atoms with E-state index in [4.69, 9.17) is 17.0 Å². The van der Waals surface area contributed by atoms with Gasteiger partial charge in [-0.2, -0.15) is 14.9 Å². The van der Waals surface area contributed by atoms with Gasteiger partial charge in [-0.3, -0.25) is 0 Å². The molecule has 0 bridgehead atoms. The van der Waals surface area contributed by atoms with Crippen molar-refractivity contribution in [1.82, 2.24) is 14.9 Å². The Morgan fingerprint density at radius 2 is 1.87 bits per heavy atom. The third-order valence-corrected chi connectivity index (χ3v) is 3.46. The number of ether oxygens (including phenoxy) is 1. The number of halogens is 1. The van der Waals surface area contributed by atoms with Crippen LogP contribution in [-0.2, 0) is 0 Å². The fourth-order valence-electron chi connectivity index (χ4n) is 2.00. The van der Waals surface area contributed by atoms with Crippen molar-refractivity contribution in [2.75, 3.05) is 7.11 Å². The van der Waals surface area contributed by atoms with Gasteiger partial charge in [0.25, 0.3) is 0 Å². The van der Waals surface area contributed by atoms with Gasteiger partial charge >= 0.3 is 0 Å². The van der Waals surface area contributed by atoms with E-state index in [1.165, 1.54) is 16.8 Å². The molecule has 23 heavy (non-hydrogen) atoms. The molecular formula is C16H13FN4OS. The van der Waals surface area contributed by atoms with E-state index in [0.717, 1.165) is 11.3 Å². The van der Waals surface area contributed by atoms with E-state index in [-0.39, 0.29) is 5.82 Å². The van der Waals surface area contributed by atoms with Gasteiger partial charge in [0, 0.05) is 5.56 Å². The normalized spacial score (nSPS) is 11.0. The maximum absolute atomic E-state index is 13.0. The minimum Gasteiger partial charge on any atom is -0.497 e. The SMILES string of the molecule is COc1ccc(/C=N\n2c(-c3ccc(F)cc3)n[nH]c2=S)cc1. The van der Waals surface area contributed by atoms with E-state index >= 15 is 0 Å². The summed E-state index contributed by atoms with van der Waals surface area (Å²) in [6.45, 7) is 0. The molecule has 0 saturated heterocycles. The number of nitrogens with one attached hydrogen (secondary N) is 1. The molecule has 0 fully saturated rings. The van der Waals surface area contributed by atoms with E-state index in [9.17, 15) is 4.39 Å². The minimum absolute atomic E-state index is 0.309. The monoisotopic (exact) mass is 328 g/mol. The van der Waals surface area contributed by atoms with Gasteiger partial charge in [-0.05, 0) is 66.3 Å². The number of aromatic amines is 1. The van der Waals surface area contributed by atoms with E-state index in [1.807, 2.05) is 24.3 Å². The van der Waals surface area contributed by atoms with Gasteiger partial charge in [-0.25, -0.2) is 9.49 Å². The quantitative estimate of drug-likeness (QED) is 0.588. The van der Waals surface area contributed by atoms with Crippen molar-refractivity contribution in [3.63, 3.8) is 0 Å². The Labute approximate surface area is 137 Å². The fourth-order valence-corrected chi connectivity index (χ4v) is 2.18. The maximum atomic E-state index is 13.0. The molecule has 0 spiro atoms. The van der Waals surface area contributed by atoms with E-state index < -0.39 is 0 Å². The molecule has 0 aliphatic heterocycles. The summed E-state index contributed by atoms with van der Waals surface area (Å²) in [7, 11) is 1.61. The molecule has 7 heteroatoms. The second-order valence-electron chi connectivity index (χ2n) is 4.69. The van der Waals surface area contributed by atoms with E-state index in [1.54, 1.807) is 25.5 Å². The number of hydrogen-bond donors (Lipinski definition) is 1. The van der Waals surface area contributed by atoms with Crippen molar-refractivity contribution in [3.8, 4) is 17.1 Å². The smallest absolute Gasteiger partial charge is 0.216 e. The van der Waals surface area contributed by atoms with Crippen molar-refractivity contribution >= 4 is 18.4 Å². The summed E-state index contributed by atoms with van der Waals surface area (Å²) in [6.07, 6.45) is 1.66. The molecule has 3 rings (SSSR count). The predicted molar refractivity (Wildman–Crippen MR) is 88.8 cm³/mol. The highest BCUT2D eigenvalue weighted by Crippen LogP contribution is 2.17. The zero-order valence-corrected chi connectivity index (χ0v) is 13.0. The Balaban J connectivity index is 1.93. The third-order valence-electron chi connectivity index (χ3n) is 3.19. The first-order chi connectivity index (χ1) is 11.2. The molecule has 3 aromatic rings. The largest absolute Gasteiger partial charge is 0.497 e. The van der Waals surface area contributed by atoms with Crippen LogP contribution >= 0.6 is 12.2 Å². The molecule has 116 valence electrons. The van der Waals surface area contributed by atoms with Crippen LogP contribution < -0.4 is 4.74 Å². The van der Waals surface area contributed by atoms with Crippen molar-refractivity contribution in [2.45, 2.75) is 0 Å². The molecule has 0 aliphatic carbocycles. The van der Waals surface area contributed by atoms with Crippen LogP contribution in [0.2, 0.25) is 0 Å². The van der Waals surface area contributed by atoms with Crippen LogP contribution in [0.3, 0.4) is 0 Å². The lowest BCUT2D eigenvalue weighted by Gasteiger charge is -2.01. The highest BCUT2D eigenvalue weighted by Gasteiger charge is 2.08. The summed E-state index contributed by atoms with van der Waals surface area (Å²) in [5.74, 6) is 0.977. The van der Waals surface area contributed by atoms with Gasteiger partial charge in [0.1, 0.15) is 11.6 Å². The van der Waals surface area contributed by atoms with Crippen LogP contribution in [0.5, 0.6) is 5.75 Å². The zero-order chi connectivity index (χ0) is 16.2. The number of nitrogens with zero attached hydrogens (tertiary/aromatic N) is 3. The third kappa shape index (κ3) is 3.35. The number of rotatable bonds is 4. The van der Waals surface area contributed by atoms with Crippen LogP contribution in [-0.4, -0.2) is 28.2 Å². The molecule has 0 unspecified atom stereocenters. The Kier molecular flexibility index (Phi) is 4.29. The summed E-state index contributed by atoms with van der Waals surface area (Å²) in [5.41, 5.74) is 1.60. The summed E-state index contributed by atoms with van der Waals surface area (Å²) >= 11 is 5.19. The second kappa shape index (κ2) is 6.53. The Bertz CT molecular complexity index is 882. The van der Waals surface area contributed by atoms with Crippen LogP contribution in [0.15, 0.2) is 53.6 Å². The number of H-pyrrole nitrogens is 1. The lowest BCUT2D eigenvalue weighted by atomic mass is 10.2. The second-order valence-corrected chi connectivity index (χ2v) is 5.08. The molecular weight excluding hydrogens is 315 g/mol. The molecule has 1 N–H and O–H groups in total. The van der Waals surface area contributed by atoms with Gasteiger partial charge < -0.3 is 4.74 Å². The van der Waals surface area contributed by atoms with Crippen LogP contribution in [0.1, 0.15) is 5.56 Å². The molecule has 5 nitrogen and oxygen atoms in total. The maximum Gasteiger partial charge on any atom is 0.216 e. The first-order valence-electron chi connectivity index (χ1n) is 6.79. The van der Waals surface area contributed by atoms with E-state index in [0.29, 0.717) is 16.2 Å². The number of hydrogen-bond acceptors (Lipinski definition) is 4. The number of methoxy groups -OCH3 is 1. The van der Waals surface area contributed by atoms with E-state index in [2.05, 4.69) is 15.3 Å². The molecule has 2 aromatic carbocycles. The average Bonchev–Trinajstić information content (AvgIpc) is 2.95. The van der Waals surface area contributed by atoms with Crippen molar-refractivity contribution in [2.24, 2.45) is 5.10 Å². The summed E-state index contributed by atoms with van der Waals surface area (Å²) in [6, 6.07) is 13.4. The molecule has 0 atom stereocenters. The molecule has 1 aromatic heterocycles. The van der Waals surface area contributed by atoms with Crippen LogP contribution in [0.4, 0.5) is 4.39 Å². The van der Waals surface area contributed by atoms with Gasteiger partial charge in [0.05, 0.1) is 13.3 Å². The molecule has 0 radical (unpaired) electrons. The van der Waals surface area contributed by atoms with Crippen molar-refractivity contribution in [3.05, 3.63) is 64.7 Å². The molecule has 0 saturated carbocycles. The highest BCUT2D eigenvalue weighted by atomic mass is 32.1. The Hall–Kier alpha value is -2.80. The summed E-state index contributed by atoms with van der Waals surface area (Å²) < 4.78 is 20.0. The molecule has 1 heterocycles. The highest BCUT2D eigenvalue weighted by molar-refractivity contribution is 7.71. The zero-order valence-electron chi connectivity index (χ0n) is 12.2. The van der Waals surface area contributed by atoms with Crippen molar-refractivity contribution in [1.29, 1.82) is 0 Å². The van der Waals surface area contributed by atoms with Gasteiger partial charge in [0.15, 0.2) is 5.82 Å². The Morgan fingerprint density at radius 3 is 2.52 bits per heavy atom. The predicted octanol–water partition coefficient (Wildman–Crippen LogP) is 3.64. The Morgan fingerprint density at radius 1 is 1.17 bits per heavy atom.